The quantitative estimate of drug-likeness (QED) is 0.213. The van der Waals surface area contributed by atoms with Gasteiger partial charge >= 0.3 is 0 Å². The van der Waals surface area contributed by atoms with E-state index in [-0.39, 0.29) is 6.61 Å². The zero-order valence-corrected chi connectivity index (χ0v) is 23.5. The van der Waals surface area contributed by atoms with E-state index in [2.05, 4.69) is 31.2 Å². The second-order valence-electron chi connectivity index (χ2n) is 9.94. The Hall–Kier alpha value is -2.97. The molecule has 4 aromatic rings. The summed E-state index contributed by atoms with van der Waals surface area (Å²) in [5.74, 6) is 0. The Morgan fingerprint density at radius 2 is 1.05 bits per heavy atom. The van der Waals surface area contributed by atoms with Crippen molar-refractivity contribution in [3.63, 3.8) is 0 Å². The lowest BCUT2D eigenvalue weighted by molar-refractivity contribution is -0.251. The van der Waals surface area contributed by atoms with Crippen LogP contribution in [0.15, 0.2) is 120 Å². The molecule has 1 aliphatic rings. The molecule has 208 valence electrons. The van der Waals surface area contributed by atoms with E-state index in [1.54, 1.807) is 11.8 Å². The number of aliphatic hydroxyl groups excluding tert-OH is 1. The fourth-order valence-corrected chi connectivity index (χ4v) is 5.87. The van der Waals surface area contributed by atoms with Crippen LogP contribution in [0.1, 0.15) is 22.3 Å². The molecule has 0 aliphatic carbocycles. The standard InChI is InChI=1S/C34H36O5S/c1-25-17-19-29(20-18-25)40-34-33(38-24-28-15-9-4-10-16-28)32(37-23-27-13-7-3-8-14-27)31(30(21-35)39-34)36-22-26-11-5-2-6-12-26/h2-20,30-35H,21-24H2,1H3. The van der Waals surface area contributed by atoms with Crippen LogP contribution in [0.25, 0.3) is 0 Å². The van der Waals surface area contributed by atoms with Crippen LogP contribution in [0.2, 0.25) is 0 Å². The zero-order valence-electron chi connectivity index (χ0n) is 22.7. The minimum Gasteiger partial charge on any atom is -0.394 e. The third kappa shape index (κ3) is 7.82. The van der Waals surface area contributed by atoms with Gasteiger partial charge < -0.3 is 24.1 Å². The second-order valence-corrected chi connectivity index (χ2v) is 11.1. The van der Waals surface area contributed by atoms with E-state index in [1.807, 2.05) is 91.0 Å². The summed E-state index contributed by atoms with van der Waals surface area (Å²) in [6.07, 6.45) is -2.06. The number of benzene rings is 4. The van der Waals surface area contributed by atoms with Crippen LogP contribution in [0.3, 0.4) is 0 Å². The molecule has 1 aliphatic heterocycles. The van der Waals surface area contributed by atoms with Gasteiger partial charge in [-0.05, 0) is 35.7 Å². The van der Waals surface area contributed by atoms with Gasteiger partial charge in [-0.25, -0.2) is 0 Å². The van der Waals surface area contributed by atoms with Crippen molar-refractivity contribution >= 4 is 11.8 Å². The van der Waals surface area contributed by atoms with Gasteiger partial charge in [-0.1, -0.05) is 120 Å². The lowest BCUT2D eigenvalue weighted by Gasteiger charge is -2.45. The number of hydrogen-bond donors (Lipinski definition) is 1. The number of thioether (sulfide) groups is 1. The first-order valence-electron chi connectivity index (χ1n) is 13.7. The van der Waals surface area contributed by atoms with Crippen LogP contribution < -0.4 is 0 Å². The Labute approximate surface area is 241 Å². The summed E-state index contributed by atoms with van der Waals surface area (Å²) in [6, 6.07) is 38.5. The van der Waals surface area contributed by atoms with Gasteiger partial charge in [0.1, 0.15) is 29.9 Å². The van der Waals surface area contributed by atoms with Gasteiger partial charge in [0.2, 0.25) is 0 Å². The molecule has 0 aromatic heterocycles. The predicted octanol–water partition coefficient (Wildman–Crippen LogP) is 6.56. The summed E-state index contributed by atoms with van der Waals surface area (Å²) in [4.78, 5) is 1.06. The van der Waals surface area contributed by atoms with Gasteiger partial charge in [0, 0.05) is 4.90 Å². The average molecular weight is 557 g/mol. The Bertz CT molecular complexity index is 1270. The monoisotopic (exact) mass is 556 g/mol. The molecule has 0 bridgehead atoms. The third-order valence-corrected chi connectivity index (χ3v) is 8.06. The molecule has 0 spiro atoms. The predicted molar refractivity (Wildman–Crippen MR) is 158 cm³/mol. The summed E-state index contributed by atoms with van der Waals surface area (Å²) in [6.45, 7) is 3.04. The first-order chi connectivity index (χ1) is 19.7. The largest absolute Gasteiger partial charge is 0.394 e. The van der Waals surface area contributed by atoms with Gasteiger partial charge in [0.25, 0.3) is 0 Å². The van der Waals surface area contributed by atoms with E-state index in [1.165, 1.54) is 5.56 Å². The fourth-order valence-electron chi connectivity index (χ4n) is 4.74. The maximum atomic E-state index is 10.5. The van der Waals surface area contributed by atoms with Crippen LogP contribution in [0, 0.1) is 6.92 Å². The van der Waals surface area contributed by atoms with E-state index in [0.29, 0.717) is 19.8 Å². The maximum Gasteiger partial charge on any atom is 0.137 e. The first-order valence-corrected chi connectivity index (χ1v) is 14.5. The third-order valence-electron chi connectivity index (χ3n) is 6.90. The highest BCUT2D eigenvalue weighted by Crippen LogP contribution is 2.38. The highest BCUT2D eigenvalue weighted by atomic mass is 32.2. The van der Waals surface area contributed by atoms with Crippen molar-refractivity contribution in [2.45, 2.75) is 61.5 Å². The number of aryl methyl sites for hydroxylation is 1. The molecule has 40 heavy (non-hydrogen) atoms. The van der Waals surface area contributed by atoms with Crippen molar-refractivity contribution in [1.29, 1.82) is 0 Å². The van der Waals surface area contributed by atoms with Crippen LogP contribution in [0.5, 0.6) is 0 Å². The Morgan fingerprint density at radius 1 is 0.600 bits per heavy atom. The lowest BCUT2D eigenvalue weighted by Crippen LogP contribution is -2.60. The smallest absolute Gasteiger partial charge is 0.137 e. The molecular weight excluding hydrogens is 520 g/mol. The Morgan fingerprint density at radius 3 is 1.52 bits per heavy atom. The first kappa shape index (κ1) is 28.6. The molecular formula is C34H36O5S. The molecule has 5 unspecified atom stereocenters. The van der Waals surface area contributed by atoms with E-state index < -0.39 is 29.9 Å². The Kier molecular flexibility index (Phi) is 10.4. The van der Waals surface area contributed by atoms with Crippen LogP contribution in [-0.4, -0.2) is 41.6 Å². The fraction of sp³-hybridized carbons (Fsp3) is 0.294. The second kappa shape index (κ2) is 14.6. The van der Waals surface area contributed by atoms with Crippen molar-refractivity contribution in [1.82, 2.24) is 0 Å². The number of ether oxygens (including phenoxy) is 4. The van der Waals surface area contributed by atoms with Crippen LogP contribution >= 0.6 is 11.8 Å². The topological polar surface area (TPSA) is 57.2 Å². The highest BCUT2D eigenvalue weighted by Gasteiger charge is 2.48. The summed E-state index contributed by atoms with van der Waals surface area (Å²) in [5.41, 5.74) is 3.94. The number of aliphatic hydroxyl groups is 1. The van der Waals surface area contributed by atoms with Crippen molar-refractivity contribution in [3.05, 3.63) is 138 Å². The van der Waals surface area contributed by atoms with Crippen molar-refractivity contribution in [2.75, 3.05) is 6.61 Å². The maximum absolute atomic E-state index is 10.5. The number of rotatable bonds is 12. The van der Waals surface area contributed by atoms with Crippen molar-refractivity contribution < 1.29 is 24.1 Å². The van der Waals surface area contributed by atoms with Gasteiger partial charge in [0.05, 0.1) is 26.4 Å². The molecule has 6 heteroatoms. The molecule has 4 aromatic carbocycles. The molecule has 1 saturated heterocycles. The molecule has 1 fully saturated rings. The van der Waals surface area contributed by atoms with E-state index in [4.69, 9.17) is 18.9 Å². The molecule has 1 heterocycles. The minimum absolute atomic E-state index is 0.193. The van der Waals surface area contributed by atoms with Crippen molar-refractivity contribution in [3.8, 4) is 0 Å². The van der Waals surface area contributed by atoms with E-state index in [9.17, 15) is 5.11 Å². The molecule has 5 atom stereocenters. The van der Waals surface area contributed by atoms with Gasteiger partial charge in [-0.3, -0.25) is 0 Å². The van der Waals surface area contributed by atoms with Gasteiger partial charge in [0.15, 0.2) is 0 Å². The lowest BCUT2D eigenvalue weighted by atomic mass is 9.99. The van der Waals surface area contributed by atoms with Crippen molar-refractivity contribution in [2.24, 2.45) is 0 Å². The molecule has 0 amide bonds. The number of hydrogen-bond acceptors (Lipinski definition) is 6. The minimum atomic E-state index is -0.580. The van der Waals surface area contributed by atoms with Crippen LogP contribution in [0.4, 0.5) is 0 Å². The molecule has 5 nitrogen and oxygen atoms in total. The highest BCUT2D eigenvalue weighted by molar-refractivity contribution is 7.99. The molecule has 1 N–H and O–H groups in total. The summed E-state index contributed by atoms with van der Waals surface area (Å²) >= 11 is 1.58. The summed E-state index contributed by atoms with van der Waals surface area (Å²) in [5, 5.41) is 10.5. The molecule has 0 radical (unpaired) electrons. The normalized spacial score (nSPS) is 22.7. The van der Waals surface area contributed by atoms with Gasteiger partial charge in [-0.2, -0.15) is 0 Å². The summed E-state index contributed by atoms with van der Waals surface area (Å²) < 4.78 is 26.3. The zero-order chi connectivity index (χ0) is 27.6. The summed E-state index contributed by atoms with van der Waals surface area (Å²) in [7, 11) is 0. The SMILES string of the molecule is Cc1ccc(SC2OC(CO)C(OCc3ccccc3)C(OCc3ccccc3)C2OCc2ccccc2)cc1. The van der Waals surface area contributed by atoms with E-state index >= 15 is 0 Å². The molecule has 0 saturated carbocycles. The Balaban J connectivity index is 1.44. The average Bonchev–Trinajstić information content (AvgIpc) is 3.01. The molecule has 5 rings (SSSR count). The van der Waals surface area contributed by atoms with E-state index in [0.717, 1.165) is 21.6 Å². The van der Waals surface area contributed by atoms with Crippen LogP contribution in [-0.2, 0) is 38.8 Å². The van der Waals surface area contributed by atoms with Gasteiger partial charge in [-0.15, -0.1) is 0 Å².